The molecule has 2 unspecified atom stereocenters. The lowest BCUT2D eigenvalue weighted by molar-refractivity contribution is -0.143. The van der Waals surface area contributed by atoms with Gasteiger partial charge in [-0.3, -0.25) is 9.59 Å². The van der Waals surface area contributed by atoms with Gasteiger partial charge in [-0.05, 0) is 57.8 Å². The fourth-order valence-electron chi connectivity index (χ4n) is 9.38. The Morgan fingerprint density at radius 3 is 1.13 bits per heavy atom. The Hall–Kier alpha value is -1.66. The van der Waals surface area contributed by atoms with E-state index in [9.17, 15) is 19.8 Å². The molecule has 2 atom stereocenters. The van der Waals surface area contributed by atoms with Crippen LogP contribution >= 0.6 is 0 Å². The van der Waals surface area contributed by atoms with Crippen LogP contribution < -0.4 is 5.32 Å². The maximum absolute atomic E-state index is 12.4. The lowest BCUT2D eigenvalue weighted by atomic mass is 10.0. The van der Waals surface area contributed by atoms with E-state index in [1.807, 2.05) is 0 Å². The molecule has 0 bridgehead atoms. The smallest absolute Gasteiger partial charge is 0.305 e. The van der Waals surface area contributed by atoms with Crippen LogP contribution in [0.5, 0.6) is 0 Å². The predicted molar refractivity (Wildman–Crippen MR) is 292 cm³/mol. The van der Waals surface area contributed by atoms with Gasteiger partial charge in [0, 0.05) is 12.8 Å². The van der Waals surface area contributed by atoms with Gasteiger partial charge in [0.1, 0.15) is 0 Å². The summed E-state index contributed by atoms with van der Waals surface area (Å²) in [6.45, 7) is 4.95. The topological polar surface area (TPSA) is 95.9 Å². The molecule has 0 aliphatic heterocycles. The van der Waals surface area contributed by atoms with Crippen molar-refractivity contribution in [1.82, 2.24) is 5.32 Å². The van der Waals surface area contributed by atoms with Crippen LogP contribution in [0.4, 0.5) is 0 Å². The number of nitrogens with one attached hydrogen (secondary N) is 1. The van der Waals surface area contributed by atoms with Crippen molar-refractivity contribution < 1.29 is 24.5 Å². The lowest BCUT2D eigenvalue weighted by Crippen LogP contribution is -2.45. The number of rotatable bonds is 56. The van der Waals surface area contributed by atoms with Gasteiger partial charge in [-0.15, -0.1) is 0 Å². The summed E-state index contributed by atoms with van der Waals surface area (Å²) in [5, 5.41) is 23.1. The van der Waals surface area contributed by atoms with Crippen molar-refractivity contribution >= 4 is 11.9 Å². The Kier molecular flexibility index (Phi) is 55.5. The van der Waals surface area contributed by atoms with E-state index in [-0.39, 0.29) is 18.5 Å². The molecule has 67 heavy (non-hydrogen) atoms. The molecule has 0 aromatic carbocycles. The summed E-state index contributed by atoms with van der Waals surface area (Å²) >= 11 is 0. The van der Waals surface area contributed by atoms with E-state index in [0.29, 0.717) is 25.9 Å². The molecule has 0 spiro atoms. The molecule has 0 heterocycles. The highest BCUT2D eigenvalue weighted by atomic mass is 16.5. The molecule has 3 N–H and O–H groups in total. The Labute approximate surface area is 418 Å². The minimum atomic E-state index is -0.669. The average molecular weight is 945 g/mol. The number of esters is 1. The molecule has 0 aromatic rings. The molecule has 0 radical (unpaired) electrons. The Bertz CT molecular complexity index is 1040. The van der Waals surface area contributed by atoms with E-state index >= 15 is 0 Å². The highest BCUT2D eigenvalue weighted by Gasteiger charge is 2.20. The fraction of sp³-hybridized carbons (Fsp3) is 0.902. The summed E-state index contributed by atoms with van der Waals surface area (Å²) in [6.07, 6.45) is 69.0. The van der Waals surface area contributed by atoms with E-state index < -0.39 is 12.1 Å². The first-order valence-corrected chi connectivity index (χ1v) is 30.1. The number of aliphatic hydroxyl groups is 2. The monoisotopic (exact) mass is 944 g/mol. The summed E-state index contributed by atoms with van der Waals surface area (Å²) in [6, 6.07) is -0.547. The van der Waals surface area contributed by atoms with Crippen LogP contribution in [0.2, 0.25) is 0 Å². The van der Waals surface area contributed by atoms with Crippen LogP contribution in [0.3, 0.4) is 0 Å². The summed E-state index contributed by atoms with van der Waals surface area (Å²) in [5.41, 5.74) is 0. The number of hydrogen-bond donors (Lipinski definition) is 3. The predicted octanol–water partition coefficient (Wildman–Crippen LogP) is 18.6. The van der Waals surface area contributed by atoms with E-state index in [1.165, 1.54) is 244 Å². The van der Waals surface area contributed by atoms with Gasteiger partial charge in [-0.25, -0.2) is 0 Å². The van der Waals surface area contributed by atoms with Gasteiger partial charge in [-0.2, -0.15) is 0 Å². The lowest BCUT2D eigenvalue weighted by Gasteiger charge is -2.22. The average Bonchev–Trinajstić information content (AvgIpc) is 3.33. The van der Waals surface area contributed by atoms with Gasteiger partial charge >= 0.3 is 5.97 Å². The zero-order valence-electron chi connectivity index (χ0n) is 45.1. The zero-order chi connectivity index (χ0) is 48.6. The van der Waals surface area contributed by atoms with Crippen molar-refractivity contribution in [3.63, 3.8) is 0 Å². The second-order valence-electron chi connectivity index (χ2n) is 20.7. The second kappa shape index (κ2) is 56.9. The Morgan fingerprint density at radius 2 is 0.746 bits per heavy atom. The van der Waals surface area contributed by atoms with E-state index in [1.54, 1.807) is 0 Å². The summed E-state index contributed by atoms with van der Waals surface area (Å²) < 4.78 is 5.49. The number of carbonyl (C=O) groups excluding carboxylic acids is 2. The maximum atomic E-state index is 12.4. The highest BCUT2D eigenvalue weighted by molar-refractivity contribution is 5.76. The van der Waals surface area contributed by atoms with Crippen molar-refractivity contribution in [2.75, 3.05) is 13.2 Å². The van der Waals surface area contributed by atoms with Crippen LogP contribution in [0.25, 0.3) is 0 Å². The van der Waals surface area contributed by atoms with Crippen LogP contribution in [0.15, 0.2) is 24.3 Å². The van der Waals surface area contributed by atoms with Gasteiger partial charge in [0.05, 0.1) is 25.4 Å². The molecule has 0 aliphatic rings. The molecule has 0 aliphatic carbocycles. The normalized spacial score (nSPS) is 12.7. The van der Waals surface area contributed by atoms with Crippen LogP contribution in [0, 0.1) is 0 Å². The SMILES string of the molecule is CCCCCCCCCCCCCCCCCCCC(=O)OCCCCCCCCCCC/C=C\C/C=C\CCCCCCCCCC(=O)NC(CO)C(O)CCCCCCCCCCCC. The summed E-state index contributed by atoms with van der Waals surface area (Å²) in [7, 11) is 0. The number of amides is 1. The second-order valence-corrected chi connectivity index (χ2v) is 20.7. The van der Waals surface area contributed by atoms with E-state index in [4.69, 9.17) is 4.74 Å². The summed E-state index contributed by atoms with van der Waals surface area (Å²) in [4.78, 5) is 24.5. The van der Waals surface area contributed by atoms with Gasteiger partial charge in [0.15, 0.2) is 0 Å². The van der Waals surface area contributed by atoms with Gasteiger partial charge in [0.2, 0.25) is 5.91 Å². The highest BCUT2D eigenvalue weighted by Crippen LogP contribution is 2.17. The minimum Gasteiger partial charge on any atom is -0.466 e. The third kappa shape index (κ3) is 53.5. The van der Waals surface area contributed by atoms with Crippen LogP contribution in [0.1, 0.15) is 328 Å². The fourth-order valence-corrected chi connectivity index (χ4v) is 9.38. The number of unbranched alkanes of at least 4 members (excludes halogenated alkanes) is 41. The number of carbonyl (C=O) groups is 2. The first-order valence-electron chi connectivity index (χ1n) is 30.1. The van der Waals surface area contributed by atoms with Crippen molar-refractivity contribution in [2.24, 2.45) is 0 Å². The molecule has 0 rings (SSSR count). The van der Waals surface area contributed by atoms with Gasteiger partial charge in [0.25, 0.3) is 0 Å². The molecule has 1 amide bonds. The molecular weight excluding hydrogens is 827 g/mol. The number of allylic oxidation sites excluding steroid dienone is 4. The first kappa shape index (κ1) is 65.3. The quantitative estimate of drug-likeness (QED) is 0.0321. The van der Waals surface area contributed by atoms with Crippen molar-refractivity contribution in [3.05, 3.63) is 24.3 Å². The van der Waals surface area contributed by atoms with E-state index in [2.05, 4.69) is 43.5 Å². The van der Waals surface area contributed by atoms with Gasteiger partial charge in [-0.1, -0.05) is 282 Å². The Morgan fingerprint density at radius 1 is 0.418 bits per heavy atom. The van der Waals surface area contributed by atoms with Crippen molar-refractivity contribution in [1.29, 1.82) is 0 Å². The van der Waals surface area contributed by atoms with Crippen LogP contribution in [-0.4, -0.2) is 47.4 Å². The Balaban J connectivity index is 3.40. The molecule has 0 saturated heterocycles. The minimum absolute atomic E-state index is 0.0111. The number of ether oxygens (including phenoxy) is 1. The number of aliphatic hydroxyl groups excluding tert-OH is 2. The zero-order valence-corrected chi connectivity index (χ0v) is 45.1. The van der Waals surface area contributed by atoms with Gasteiger partial charge < -0.3 is 20.3 Å². The third-order valence-electron chi connectivity index (χ3n) is 14.0. The van der Waals surface area contributed by atoms with Crippen molar-refractivity contribution in [2.45, 2.75) is 341 Å². The molecule has 0 saturated carbocycles. The van der Waals surface area contributed by atoms with E-state index in [0.717, 1.165) is 51.4 Å². The summed E-state index contributed by atoms with van der Waals surface area (Å²) in [5.74, 6) is -0.0354. The first-order chi connectivity index (χ1) is 33.0. The molecule has 0 fully saturated rings. The molecule has 6 nitrogen and oxygen atoms in total. The standard InChI is InChI=1S/C61H117NO5/c1-3-5-7-9-11-13-15-16-17-25-29-32-35-39-43-47-51-55-61(66)67-56-52-48-44-40-36-33-30-27-24-22-20-18-19-21-23-26-28-31-34-38-42-46-50-54-60(65)62-58(57-63)59(64)53-49-45-41-37-14-12-10-8-6-4-2/h18,20-21,23,58-59,63-64H,3-17,19,22,24-57H2,1-2H3,(H,62,65)/b20-18-,23-21-. The number of hydrogen-bond acceptors (Lipinski definition) is 5. The maximum Gasteiger partial charge on any atom is 0.305 e. The van der Waals surface area contributed by atoms with Crippen LogP contribution in [-0.2, 0) is 14.3 Å². The molecule has 0 aromatic heterocycles. The largest absolute Gasteiger partial charge is 0.466 e. The third-order valence-corrected chi connectivity index (χ3v) is 14.0. The molecule has 396 valence electrons. The molecular formula is C61H117NO5. The van der Waals surface area contributed by atoms with Crippen molar-refractivity contribution in [3.8, 4) is 0 Å². The molecule has 6 heteroatoms.